The number of rotatable bonds is 3. The van der Waals surface area contributed by atoms with Crippen molar-refractivity contribution in [1.29, 1.82) is 5.26 Å². The maximum Gasteiger partial charge on any atom is 0.268 e. The first-order valence-electron chi connectivity index (χ1n) is 8.33. The average molecular weight is 383 g/mol. The third kappa shape index (κ3) is 4.33. The molecule has 0 unspecified atom stereocenters. The number of carbonyl (C=O) groups is 2. The van der Waals surface area contributed by atoms with Gasteiger partial charge in [-0.25, -0.2) is 8.78 Å². The van der Waals surface area contributed by atoms with E-state index in [-0.39, 0.29) is 5.56 Å². The van der Waals surface area contributed by atoms with Gasteiger partial charge in [0, 0.05) is 36.8 Å². The van der Waals surface area contributed by atoms with E-state index in [1.807, 2.05) is 0 Å². The van der Waals surface area contributed by atoms with Gasteiger partial charge in [0.25, 0.3) is 11.8 Å². The summed E-state index contributed by atoms with van der Waals surface area (Å²) in [5, 5.41) is 11.4. The van der Waals surface area contributed by atoms with Gasteiger partial charge in [0.1, 0.15) is 6.04 Å². The first-order valence-corrected chi connectivity index (χ1v) is 8.33. The highest BCUT2D eigenvalue weighted by molar-refractivity contribution is 5.98. The molecule has 7 nitrogen and oxygen atoms in total. The summed E-state index contributed by atoms with van der Waals surface area (Å²) < 4.78 is 26.9. The number of nitriles is 1. The largest absolute Gasteiger partial charge is 0.367 e. The number of H-pyrrole nitrogens is 1. The van der Waals surface area contributed by atoms with Gasteiger partial charge >= 0.3 is 0 Å². The van der Waals surface area contributed by atoms with Crippen molar-refractivity contribution < 1.29 is 18.4 Å². The van der Waals surface area contributed by atoms with Gasteiger partial charge in [-0.05, 0) is 12.1 Å². The molecule has 1 saturated heterocycles. The molecular weight excluding hydrogens is 368 g/mol. The van der Waals surface area contributed by atoms with Crippen LogP contribution >= 0.6 is 0 Å². The molecule has 3 rings (SSSR count). The molecule has 1 fully saturated rings. The molecule has 0 aliphatic carbocycles. The molecule has 2 amide bonds. The van der Waals surface area contributed by atoms with E-state index in [1.165, 1.54) is 18.5 Å². The summed E-state index contributed by atoms with van der Waals surface area (Å²) >= 11 is 0. The molecule has 1 aliphatic heterocycles. The molecule has 1 aliphatic rings. The van der Waals surface area contributed by atoms with Crippen LogP contribution in [0.3, 0.4) is 0 Å². The molecule has 2 N–H and O–H groups in total. The van der Waals surface area contributed by atoms with E-state index in [0.29, 0.717) is 5.56 Å². The smallest absolute Gasteiger partial charge is 0.268 e. The Balaban J connectivity index is 1.67. The van der Waals surface area contributed by atoms with E-state index in [2.05, 4.69) is 27.1 Å². The molecule has 0 saturated carbocycles. The molecular formula is C19H15F2N5O2. The summed E-state index contributed by atoms with van der Waals surface area (Å²) in [7, 11) is 0. The average Bonchev–Trinajstić information content (AvgIpc) is 3.31. The number of alkyl halides is 2. The molecule has 0 radical (unpaired) electrons. The Morgan fingerprint density at radius 3 is 2.93 bits per heavy atom. The van der Waals surface area contributed by atoms with E-state index in [1.54, 1.807) is 24.5 Å². The zero-order valence-corrected chi connectivity index (χ0v) is 14.6. The fraction of sp³-hybridized carbons (Fsp3) is 0.263. The number of aromatic amines is 1. The number of nitrogens with zero attached hydrogens (tertiary/aromatic N) is 3. The normalized spacial score (nSPS) is 17.3. The number of likely N-dealkylation sites (tertiary alicyclic amines) is 1. The topological polar surface area (TPSA) is 102 Å². The molecule has 3 heterocycles. The maximum atomic E-state index is 13.5. The number of carbonyl (C=O) groups excluding carboxylic acids is 2. The first kappa shape index (κ1) is 19.1. The highest BCUT2D eigenvalue weighted by Crippen LogP contribution is 2.31. The van der Waals surface area contributed by atoms with Crippen LogP contribution in [0.4, 0.5) is 8.78 Å². The predicted octanol–water partition coefficient (Wildman–Crippen LogP) is 1.30. The number of pyridine rings is 1. The predicted molar refractivity (Wildman–Crippen MR) is 94.0 cm³/mol. The lowest BCUT2D eigenvalue weighted by atomic mass is 10.1. The molecule has 1 atom stereocenters. The number of halogens is 2. The zero-order chi connectivity index (χ0) is 20.1. The van der Waals surface area contributed by atoms with Crippen molar-refractivity contribution in [3.05, 3.63) is 53.6 Å². The van der Waals surface area contributed by atoms with E-state index < -0.39 is 43.3 Å². The van der Waals surface area contributed by atoms with Crippen molar-refractivity contribution >= 4 is 11.8 Å². The Hall–Kier alpha value is -3.72. The van der Waals surface area contributed by atoms with Gasteiger partial charge in [-0.1, -0.05) is 11.8 Å². The molecule has 0 bridgehead atoms. The van der Waals surface area contributed by atoms with E-state index in [9.17, 15) is 18.4 Å². The van der Waals surface area contributed by atoms with Crippen molar-refractivity contribution in [1.82, 2.24) is 20.2 Å². The zero-order valence-electron chi connectivity index (χ0n) is 14.6. The van der Waals surface area contributed by atoms with Crippen molar-refractivity contribution in [3.8, 4) is 17.9 Å². The minimum atomic E-state index is -3.11. The maximum absolute atomic E-state index is 13.5. The fourth-order valence-corrected chi connectivity index (χ4v) is 2.78. The van der Waals surface area contributed by atoms with Gasteiger partial charge in [0.2, 0.25) is 5.91 Å². The van der Waals surface area contributed by atoms with Crippen LogP contribution in [-0.4, -0.2) is 51.7 Å². The van der Waals surface area contributed by atoms with Crippen LogP contribution in [0, 0.1) is 23.2 Å². The van der Waals surface area contributed by atoms with Crippen LogP contribution < -0.4 is 5.32 Å². The highest BCUT2D eigenvalue weighted by atomic mass is 19.3. The number of hydrogen-bond donors (Lipinski definition) is 2. The second kappa shape index (κ2) is 7.89. The Kier molecular flexibility index (Phi) is 5.37. The Morgan fingerprint density at radius 2 is 2.21 bits per heavy atom. The third-order valence-corrected chi connectivity index (χ3v) is 4.14. The third-order valence-electron chi connectivity index (χ3n) is 4.14. The van der Waals surface area contributed by atoms with Gasteiger partial charge in [0.15, 0.2) is 0 Å². The number of amides is 2. The van der Waals surface area contributed by atoms with Gasteiger partial charge < -0.3 is 15.2 Å². The number of hydrogen-bond acceptors (Lipinski definition) is 4. The molecule has 0 spiro atoms. The molecule has 2 aromatic rings. The molecule has 28 heavy (non-hydrogen) atoms. The van der Waals surface area contributed by atoms with Crippen LogP contribution in [0.5, 0.6) is 0 Å². The van der Waals surface area contributed by atoms with Crippen LogP contribution in [0.25, 0.3) is 0 Å². The lowest BCUT2D eigenvalue weighted by Crippen LogP contribution is -2.43. The highest BCUT2D eigenvalue weighted by Gasteiger charge is 2.47. The summed E-state index contributed by atoms with van der Waals surface area (Å²) in [6.07, 6.45) is 5.53. The number of aromatic nitrogens is 2. The van der Waals surface area contributed by atoms with Crippen molar-refractivity contribution in [2.24, 2.45) is 0 Å². The monoisotopic (exact) mass is 383 g/mol. The van der Waals surface area contributed by atoms with Crippen molar-refractivity contribution in [2.45, 2.75) is 18.4 Å². The van der Waals surface area contributed by atoms with Crippen LogP contribution in [0.1, 0.15) is 27.9 Å². The standard InChI is InChI=1S/C19H15F2N5O2/c20-19(21)7-15(8-22)26(12-19)17(27)11-25-18(28)16-4-6-24-10-14(16)2-1-13-3-5-23-9-13/h3-6,9-10,15,23H,7,11-12H2,(H,25,28)/t15-/m0/s1. The Labute approximate surface area is 159 Å². The summed E-state index contributed by atoms with van der Waals surface area (Å²) in [4.78, 5) is 32.2. The minimum Gasteiger partial charge on any atom is -0.367 e. The van der Waals surface area contributed by atoms with E-state index in [4.69, 9.17) is 5.26 Å². The van der Waals surface area contributed by atoms with Gasteiger partial charge in [0.05, 0.1) is 30.3 Å². The quantitative estimate of drug-likeness (QED) is 0.780. The second-order valence-electron chi connectivity index (χ2n) is 6.18. The van der Waals surface area contributed by atoms with Crippen LogP contribution in [-0.2, 0) is 4.79 Å². The molecule has 0 aromatic carbocycles. The lowest BCUT2D eigenvalue weighted by molar-refractivity contribution is -0.131. The Bertz CT molecular complexity index is 986. The van der Waals surface area contributed by atoms with Crippen molar-refractivity contribution in [3.63, 3.8) is 0 Å². The lowest BCUT2D eigenvalue weighted by Gasteiger charge is -2.19. The van der Waals surface area contributed by atoms with E-state index in [0.717, 1.165) is 10.5 Å². The van der Waals surface area contributed by atoms with Gasteiger partial charge in [-0.15, -0.1) is 0 Å². The fourth-order valence-electron chi connectivity index (χ4n) is 2.78. The minimum absolute atomic E-state index is 0.203. The summed E-state index contributed by atoms with van der Waals surface area (Å²) in [6.45, 7) is -1.33. The molecule has 9 heteroatoms. The SMILES string of the molecule is N#C[C@@H]1CC(F)(F)CN1C(=O)CNC(=O)c1ccncc1C#Cc1cc[nH]c1. The summed E-state index contributed by atoms with van der Waals surface area (Å²) in [6, 6.07) is 3.70. The molecule has 142 valence electrons. The van der Waals surface area contributed by atoms with E-state index >= 15 is 0 Å². The number of nitrogens with one attached hydrogen (secondary N) is 2. The molecule has 2 aromatic heterocycles. The van der Waals surface area contributed by atoms with Crippen LogP contribution in [0.2, 0.25) is 0 Å². The van der Waals surface area contributed by atoms with Crippen LogP contribution in [0.15, 0.2) is 36.9 Å². The van der Waals surface area contributed by atoms with Crippen molar-refractivity contribution in [2.75, 3.05) is 13.1 Å². The first-order chi connectivity index (χ1) is 13.4. The summed E-state index contributed by atoms with van der Waals surface area (Å²) in [5.41, 5.74) is 1.29. The van der Waals surface area contributed by atoms with Gasteiger partial charge in [-0.3, -0.25) is 14.6 Å². The Morgan fingerprint density at radius 1 is 1.39 bits per heavy atom. The van der Waals surface area contributed by atoms with Gasteiger partial charge in [-0.2, -0.15) is 5.26 Å². The second-order valence-corrected chi connectivity index (χ2v) is 6.18. The summed E-state index contributed by atoms with van der Waals surface area (Å²) in [5.74, 6) is 1.27.